The highest BCUT2D eigenvalue weighted by Gasteiger charge is 2.31. The molecular formula is C13H21N3O4S. The van der Waals surface area contributed by atoms with Crippen molar-refractivity contribution in [2.24, 2.45) is 5.41 Å². The van der Waals surface area contributed by atoms with Crippen molar-refractivity contribution in [3.05, 3.63) is 12.4 Å². The number of carboxylic acid groups (broad SMARTS) is 1. The molecule has 0 saturated carbocycles. The van der Waals surface area contributed by atoms with Gasteiger partial charge >= 0.3 is 5.97 Å². The van der Waals surface area contributed by atoms with E-state index in [-0.39, 0.29) is 16.9 Å². The van der Waals surface area contributed by atoms with E-state index in [1.165, 1.54) is 16.7 Å². The number of aliphatic carboxylic acids is 1. The molecule has 1 fully saturated rings. The summed E-state index contributed by atoms with van der Waals surface area (Å²) in [4.78, 5) is 10.7. The molecule has 2 heterocycles. The smallest absolute Gasteiger partial charge is 0.325 e. The van der Waals surface area contributed by atoms with Crippen LogP contribution in [0.2, 0.25) is 0 Å². The van der Waals surface area contributed by atoms with Crippen LogP contribution in [0.3, 0.4) is 0 Å². The molecule has 1 saturated heterocycles. The van der Waals surface area contributed by atoms with Crippen molar-refractivity contribution in [1.29, 1.82) is 0 Å². The number of carbonyl (C=O) groups is 1. The van der Waals surface area contributed by atoms with E-state index in [2.05, 4.69) is 18.9 Å². The Kier molecular flexibility index (Phi) is 4.38. The Hall–Kier alpha value is -1.41. The summed E-state index contributed by atoms with van der Waals surface area (Å²) < 4.78 is 27.7. The van der Waals surface area contributed by atoms with Gasteiger partial charge < -0.3 is 5.11 Å². The van der Waals surface area contributed by atoms with E-state index in [1.54, 1.807) is 0 Å². The molecule has 0 unspecified atom stereocenters. The van der Waals surface area contributed by atoms with E-state index in [0.717, 1.165) is 23.9 Å². The zero-order valence-electron chi connectivity index (χ0n) is 12.3. The highest BCUT2D eigenvalue weighted by atomic mass is 32.2. The van der Waals surface area contributed by atoms with Gasteiger partial charge in [-0.1, -0.05) is 13.8 Å². The largest absolute Gasteiger partial charge is 0.480 e. The van der Waals surface area contributed by atoms with Gasteiger partial charge in [-0.2, -0.15) is 9.40 Å². The summed E-state index contributed by atoms with van der Waals surface area (Å²) in [6.45, 7) is 4.93. The SMILES string of the molecule is CC1(C)CCCN(S(=O)(=O)c2cnn(CC(=O)O)c2)CC1. The zero-order valence-corrected chi connectivity index (χ0v) is 13.1. The highest BCUT2D eigenvalue weighted by molar-refractivity contribution is 7.89. The molecular weight excluding hydrogens is 294 g/mol. The third-order valence-corrected chi connectivity index (χ3v) is 5.70. The van der Waals surface area contributed by atoms with Crippen molar-refractivity contribution in [1.82, 2.24) is 14.1 Å². The molecule has 1 aromatic heterocycles. The van der Waals surface area contributed by atoms with Crippen LogP contribution in [0, 0.1) is 5.41 Å². The van der Waals surface area contributed by atoms with Crippen molar-refractivity contribution >= 4 is 16.0 Å². The minimum atomic E-state index is -3.59. The van der Waals surface area contributed by atoms with Crippen LogP contribution in [0.4, 0.5) is 0 Å². The maximum absolute atomic E-state index is 12.6. The van der Waals surface area contributed by atoms with Gasteiger partial charge in [0.15, 0.2) is 0 Å². The van der Waals surface area contributed by atoms with Crippen LogP contribution in [-0.2, 0) is 21.4 Å². The van der Waals surface area contributed by atoms with Crippen molar-refractivity contribution in [2.75, 3.05) is 13.1 Å². The average molecular weight is 315 g/mol. The molecule has 8 heteroatoms. The van der Waals surface area contributed by atoms with Gasteiger partial charge in [-0.3, -0.25) is 9.48 Å². The minimum Gasteiger partial charge on any atom is -0.480 e. The van der Waals surface area contributed by atoms with E-state index >= 15 is 0 Å². The van der Waals surface area contributed by atoms with Gasteiger partial charge in [-0.25, -0.2) is 8.42 Å². The van der Waals surface area contributed by atoms with Crippen LogP contribution in [0.25, 0.3) is 0 Å². The number of rotatable bonds is 4. The maximum atomic E-state index is 12.6. The van der Waals surface area contributed by atoms with Gasteiger partial charge in [0, 0.05) is 19.3 Å². The fraction of sp³-hybridized carbons (Fsp3) is 0.692. The highest BCUT2D eigenvalue weighted by Crippen LogP contribution is 2.31. The van der Waals surface area contributed by atoms with Gasteiger partial charge in [0.2, 0.25) is 10.0 Å². The fourth-order valence-corrected chi connectivity index (χ4v) is 3.92. The Morgan fingerprint density at radius 3 is 2.76 bits per heavy atom. The summed E-state index contributed by atoms with van der Waals surface area (Å²) in [5.74, 6) is -1.06. The second-order valence-electron chi connectivity index (χ2n) is 6.19. The van der Waals surface area contributed by atoms with Crippen molar-refractivity contribution in [2.45, 2.75) is 44.6 Å². The van der Waals surface area contributed by atoms with E-state index in [4.69, 9.17) is 5.11 Å². The second kappa shape index (κ2) is 5.76. The van der Waals surface area contributed by atoms with E-state index in [1.807, 2.05) is 0 Å². The van der Waals surface area contributed by atoms with Gasteiger partial charge in [0.05, 0.1) is 6.20 Å². The molecule has 0 amide bonds. The molecule has 1 aliphatic heterocycles. The Morgan fingerprint density at radius 1 is 1.38 bits per heavy atom. The molecule has 0 atom stereocenters. The Bertz CT molecular complexity index is 621. The number of hydrogen-bond donors (Lipinski definition) is 1. The molecule has 1 aromatic rings. The topological polar surface area (TPSA) is 92.5 Å². The van der Waals surface area contributed by atoms with Crippen LogP contribution >= 0.6 is 0 Å². The summed E-state index contributed by atoms with van der Waals surface area (Å²) in [5, 5.41) is 12.5. The molecule has 0 aliphatic carbocycles. The molecule has 0 spiro atoms. The van der Waals surface area contributed by atoms with Crippen LogP contribution in [0.15, 0.2) is 17.3 Å². The summed E-state index contributed by atoms with van der Waals surface area (Å²) >= 11 is 0. The molecule has 0 radical (unpaired) electrons. The lowest BCUT2D eigenvalue weighted by Crippen LogP contribution is -2.32. The lowest BCUT2D eigenvalue weighted by molar-refractivity contribution is -0.137. The van der Waals surface area contributed by atoms with Gasteiger partial charge in [-0.05, 0) is 24.7 Å². The lowest BCUT2D eigenvalue weighted by atomic mass is 9.85. The van der Waals surface area contributed by atoms with Gasteiger partial charge in [0.1, 0.15) is 11.4 Å². The van der Waals surface area contributed by atoms with Crippen LogP contribution in [0.1, 0.15) is 33.1 Å². The number of nitrogens with zero attached hydrogens (tertiary/aromatic N) is 3. The van der Waals surface area contributed by atoms with Crippen LogP contribution in [0.5, 0.6) is 0 Å². The van der Waals surface area contributed by atoms with E-state index in [9.17, 15) is 13.2 Å². The molecule has 1 N–H and O–H groups in total. The van der Waals surface area contributed by atoms with E-state index < -0.39 is 16.0 Å². The average Bonchev–Trinajstić information content (AvgIpc) is 2.73. The Balaban J connectivity index is 2.17. The number of aromatic nitrogens is 2. The third-order valence-electron chi connectivity index (χ3n) is 3.84. The fourth-order valence-electron chi connectivity index (χ4n) is 2.49. The zero-order chi connectivity index (χ0) is 15.7. The normalized spacial score (nSPS) is 20.1. The monoisotopic (exact) mass is 315 g/mol. The van der Waals surface area contributed by atoms with Crippen LogP contribution in [-0.4, -0.2) is 46.7 Å². The number of sulfonamides is 1. The number of carboxylic acids is 1. The quantitative estimate of drug-likeness (QED) is 0.900. The Morgan fingerprint density at radius 2 is 2.10 bits per heavy atom. The standard InChI is InChI=1S/C13H21N3O4S/c1-13(2)4-3-6-16(7-5-13)21(19,20)11-8-14-15(9-11)10-12(17)18/h8-9H,3-7,10H2,1-2H3,(H,17,18). The first kappa shape index (κ1) is 16.0. The number of hydrogen-bond acceptors (Lipinski definition) is 4. The van der Waals surface area contributed by atoms with Crippen molar-refractivity contribution in [3.63, 3.8) is 0 Å². The molecule has 0 aromatic carbocycles. The summed E-state index contributed by atoms with van der Waals surface area (Å²) in [7, 11) is -3.59. The molecule has 7 nitrogen and oxygen atoms in total. The van der Waals surface area contributed by atoms with Gasteiger partial charge in [0.25, 0.3) is 0 Å². The third kappa shape index (κ3) is 3.82. The molecule has 21 heavy (non-hydrogen) atoms. The molecule has 1 aliphatic rings. The lowest BCUT2D eigenvalue weighted by Gasteiger charge is -2.22. The van der Waals surface area contributed by atoms with Crippen molar-refractivity contribution < 1.29 is 18.3 Å². The first-order chi connectivity index (χ1) is 9.71. The first-order valence-corrected chi connectivity index (χ1v) is 8.39. The van der Waals surface area contributed by atoms with Crippen LogP contribution < -0.4 is 0 Å². The predicted molar refractivity (Wildman–Crippen MR) is 76.3 cm³/mol. The maximum Gasteiger partial charge on any atom is 0.325 e. The molecule has 118 valence electrons. The summed E-state index contributed by atoms with van der Waals surface area (Å²) in [6, 6.07) is 0. The first-order valence-electron chi connectivity index (χ1n) is 6.95. The van der Waals surface area contributed by atoms with Crippen molar-refractivity contribution in [3.8, 4) is 0 Å². The minimum absolute atomic E-state index is 0.0588. The molecule has 2 rings (SSSR count). The van der Waals surface area contributed by atoms with E-state index in [0.29, 0.717) is 13.1 Å². The second-order valence-corrected chi connectivity index (χ2v) is 8.13. The summed E-state index contributed by atoms with van der Waals surface area (Å²) in [5.41, 5.74) is 0.151. The predicted octanol–water partition coefficient (Wildman–Crippen LogP) is 1.17. The summed E-state index contributed by atoms with van der Waals surface area (Å²) in [6.07, 6.45) is 5.13. The van der Waals surface area contributed by atoms with Gasteiger partial charge in [-0.15, -0.1) is 0 Å². The Labute approximate surface area is 124 Å². The molecule has 0 bridgehead atoms.